The minimum absolute atomic E-state index is 0.0537. The van der Waals surface area contributed by atoms with Crippen LogP contribution < -0.4 is 0 Å². The van der Waals surface area contributed by atoms with Gasteiger partial charge in [0.1, 0.15) is 0 Å². The second-order valence-corrected chi connectivity index (χ2v) is 22.7. The average molecular weight is 735 g/mol. The average Bonchev–Trinajstić information content (AvgIpc) is 3.09. The lowest BCUT2D eigenvalue weighted by Crippen LogP contribution is -2.69. The third-order valence-corrected chi connectivity index (χ3v) is 17.2. The molecule has 0 bridgehead atoms. The fourth-order valence-corrected chi connectivity index (χ4v) is 8.96. The van der Waals surface area contributed by atoms with Crippen molar-refractivity contribution in [3.05, 3.63) is 24.3 Å². The fourth-order valence-electron chi connectivity index (χ4n) is 6.72. The van der Waals surface area contributed by atoms with Crippen LogP contribution in [0.1, 0.15) is 214 Å². The maximum absolute atomic E-state index is 13.7. The molecule has 300 valence electrons. The van der Waals surface area contributed by atoms with Gasteiger partial charge in [-0.25, -0.2) is 0 Å². The van der Waals surface area contributed by atoms with Crippen LogP contribution in [0.4, 0.5) is 0 Å². The fraction of sp³-hybridized carbons (Fsp3) is 0.867. The number of rotatable bonds is 35. The highest BCUT2D eigenvalue weighted by Crippen LogP contribution is 2.42. The predicted molar refractivity (Wildman–Crippen MR) is 223 cm³/mol. The lowest BCUT2D eigenvalue weighted by molar-refractivity contribution is -0.171. The van der Waals surface area contributed by atoms with Crippen LogP contribution in [0.15, 0.2) is 24.3 Å². The molecule has 0 aromatic rings. The Balaban J connectivity index is 4.70. The van der Waals surface area contributed by atoms with Gasteiger partial charge in [-0.2, -0.15) is 0 Å². The summed E-state index contributed by atoms with van der Waals surface area (Å²) in [6.07, 6.45) is 37.3. The van der Waals surface area contributed by atoms with Gasteiger partial charge in [-0.3, -0.25) is 9.59 Å². The van der Waals surface area contributed by atoms with E-state index in [9.17, 15) is 24.9 Å². The largest absolute Gasteiger partial charge is 0.393 e. The Morgan fingerprint density at radius 2 is 0.843 bits per heavy atom. The number of carbonyl (C=O) groups excluding carboxylic acids is 2. The zero-order valence-electron chi connectivity index (χ0n) is 34.9. The molecule has 0 aromatic carbocycles. The second kappa shape index (κ2) is 30.3. The molecule has 0 rings (SSSR count). The van der Waals surface area contributed by atoms with E-state index < -0.39 is 37.1 Å². The van der Waals surface area contributed by atoms with Crippen molar-refractivity contribution in [3.63, 3.8) is 0 Å². The molecule has 3 atom stereocenters. The Bertz CT molecular complexity index is 920. The monoisotopic (exact) mass is 735 g/mol. The van der Waals surface area contributed by atoms with E-state index in [0.29, 0.717) is 12.8 Å². The van der Waals surface area contributed by atoms with Crippen molar-refractivity contribution >= 4 is 19.6 Å². The molecule has 0 spiro atoms. The van der Waals surface area contributed by atoms with Crippen molar-refractivity contribution in [2.45, 2.75) is 250 Å². The predicted octanol–water partition coefficient (Wildman–Crippen LogP) is 12.7. The summed E-state index contributed by atoms with van der Waals surface area (Å²) in [5, 5.41) is 34.4. The SMILES string of the molecule is CCCCCCCC/C=C\CCCCCCCC(=O)C(O)C(O)(C(=O)CCCCCCC/C=C\CCCCCCCC)C(O)[Si](C)(C)C(C)(C)C. The Morgan fingerprint density at radius 3 is 1.20 bits per heavy atom. The van der Waals surface area contributed by atoms with Gasteiger partial charge in [0.25, 0.3) is 0 Å². The summed E-state index contributed by atoms with van der Waals surface area (Å²) < 4.78 is 0. The molecule has 0 amide bonds. The van der Waals surface area contributed by atoms with Gasteiger partial charge in [-0.05, 0) is 69.2 Å². The van der Waals surface area contributed by atoms with Crippen molar-refractivity contribution in [1.82, 2.24) is 0 Å². The number of unbranched alkanes of at least 4 members (excludes halogenated alkanes) is 22. The molecule has 0 aliphatic rings. The van der Waals surface area contributed by atoms with Gasteiger partial charge in [-0.1, -0.05) is 175 Å². The number of hydrogen-bond donors (Lipinski definition) is 3. The van der Waals surface area contributed by atoms with Crippen LogP contribution in [0.2, 0.25) is 18.1 Å². The van der Waals surface area contributed by atoms with E-state index in [1.54, 1.807) is 0 Å². The van der Waals surface area contributed by atoms with Gasteiger partial charge in [-0.15, -0.1) is 0 Å². The molecule has 0 radical (unpaired) electrons. The molecular weight excluding hydrogens is 649 g/mol. The lowest BCUT2D eigenvalue weighted by atomic mass is 9.85. The first-order valence-corrected chi connectivity index (χ1v) is 24.8. The molecule has 0 aliphatic heterocycles. The van der Waals surface area contributed by atoms with Gasteiger partial charge >= 0.3 is 0 Å². The number of ketones is 2. The highest BCUT2D eigenvalue weighted by atomic mass is 28.3. The van der Waals surface area contributed by atoms with Crippen molar-refractivity contribution in [3.8, 4) is 0 Å². The molecule has 51 heavy (non-hydrogen) atoms. The summed E-state index contributed by atoms with van der Waals surface area (Å²) in [6.45, 7) is 14.4. The maximum atomic E-state index is 13.7. The summed E-state index contributed by atoms with van der Waals surface area (Å²) in [5.41, 5.74) is -3.92. The van der Waals surface area contributed by atoms with Crippen molar-refractivity contribution in [1.29, 1.82) is 0 Å². The molecule has 0 saturated carbocycles. The highest BCUT2D eigenvalue weighted by molar-refractivity contribution is 6.81. The molecule has 0 fully saturated rings. The zero-order chi connectivity index (χ0) is 38.4. The second-order valence-electron chi connectivity index (χ2n) is 17.2. The Morgan fingerprint density at radius 1 is 0.529 bits per heavy atom. The van der Waals surface area contributed by atoms with Crippen LogP contribution in [0.3, 0.4) is 0 Å². The van der Waals surface area contributed by atoms with Crippen LogP contribution in [0.5, 0.6) is 0 Å². The number of Topliss-reactive ketones (excluding diaryl/α,β-unsaturated/α-hetero) is 2. The van der Waals surface area contributed by atoms with Gasteiger partial charge < -0.3 is 15.3 Å². The quantitative estimate of drug-likeness (QED) is 0.0342. The number of carbonyl (C=O) groups is 2. The Kier molecular flexibility index (Phi) is 29.6. The molecule has 0 saturated heterocycles. The summed E-state index contributed by atoms with van der Waals surface area (Å²) in [4.78, 5) is 26.9. The van der Waals surface area contributed by atoms with Crippen molar-refractivity contribution < 1.29 is 24.9 Å². The van der Waals surface area contributed by atoms with Crippen LogP contribution in [-0.2, 0) is 9.59 Å². The Labute approximate surface area is 318 Å². The Hall–Kier alpha value is -1.08. The van der Waals surface area contributed by atoms with Gasteiger partial charge in [0.05, 0.1) is 13.8 Å². The third kappa shape index (κ3) is 22.0. The van der Waals surface area contributed by atoms with Crippen LogP contribution in [0, 0.1) is 0 Å². The van der Waals surface area contributed by atoms with Gasteiger partial charge in [0, 0.05) is 12.8 Å². The van der Waals surface area contributed by atoms with Gasteiger partial charge in [0.2, 0.25) is 0 Å². The van der Waals surface area contributed by atoms with E-state index in [2.05, 4.69) is 38.2 Å². The minimum atomic E-state index is -2.72. The summed E-state index contributed by atoms with van der Waals surface area (Å²) >= 11 is 0. The molecule has 0 heterocycles. The van der Waals surface area contributed by atoms with E-state index in [-0.39, 0.29) is 17.9 Å². The number of aliphatic hydroxyl groups is 3. The first-order valence-electron chi connectivity index (χ1n) is 21.7. The number of aliphatic hydroxyl groups excluding tert-OH is 2. The minimum Gasteiger partial charge on any atom is -0.393 e. The zero-order valence-corrected chi connectivity index (χ0v) is 35.9. The van der Waals surface area contributed by atoms with Crippen LogP contribution >= 0.6 is 0 Å². The van der Waals surface area contributed by atoms with Crippen molar-refractivity contribution in [2.75, 3.05) is 0 Å². The van der Waals surface area contributed by atoms with Gasteiger partial charge in [0.15, 0.2) is 23.3 Å². The summed E-state index contributed by atoms with van der Waals surface area (Å²) in [5.74, 6) is -1.13. The molecular formula is C45H86O5Si. The normalized spacial score (nSPS) is 15.1. The first kappa shape index (κ1) is 49.9. The van der Waals surface area contributed by atoms with E-state index >= 15 is 0 Å². The van der Waals surface area contributed by atoms with E-state index in [1.807, 2.05) is 33.9 Å². The molecule has 0 aromatic heterocycles. The van der Waals surface area contributed by atoms with E-state index in [0.717, 1.165) is 64.2 Å². The molecule has 3 N–H and O–H groups in total. The maximum Gasteiger partial charge on any atom is 0.178 e. The summed E-state index contributed by atoms with van der Waals surface area (Å²) in [7, 11) is -2.72. The molecule has 3 unspecified atom stereocenters. The van der Waals surface area contributed by atoms with Crippen molar-refractivity contribution in [2.24, 2.45) is 0 Å². The highest BCUT2D eigenvalue weighted by Gasteiger charge is 2.59. The first-order chi connectivity index (χ1) is 24.3. The molecule has 6 heteroatoms. The smallest absolute Gasteiger partial charge is 0.178 e. The third-order valence-electron chi connectivity index (χ3n) is 11.6. The number of allylic oxidation sites excluding steroid dienone is 4. The number of hydrogen-bond acceptors (Lipinski definition) is 5. The lowest BCUT2D eigenvalue weighted by Gasteiger charge is -2.47. The van der Waals surface area contributed by atoms with Crippen LogP contribution in [-0.4, -0.2) is 52.4 Å². The summed E-state index contributed by atoms with van der Waals surface area (Å²) in [6, 6.07) is 0. The van der Waals surface area contributed by atoms with E-state index in [1.165, 1.54) is 89.9 Å². The van der Waals surface area contributed by atoms with E-state index in [4.69, 9.17) is 0 Å². The molecule has 5 nitrogen and oxygen atoms in total. The topological polar surface area (TPSA) is 94.8 Å². The van der Waals surface area contributed by atoms with Crippen LogP contribution in [0.25, 0.3) is 0 Å². The standard InChI is InChI=1S/C45H86O5Si/c1-8-10-12-14-16-18-20-22-24-26-28-30-32-34-36-38-40(46)42(48)45(50,43(49)51(6,7)44(3,4)5)41(47)39-37-35-33-31-29-27-25-23-21-19-17-15-13-11-9-2/h22-25,42-43,48-50H,8-21,26-39H2,1-7H3/b24-22-,25-23-. The molecule has 0 aliphatic carbocycles.